The van der Waals surface area contributed by atoms with Gasteiger partial charge in [-0.3, -0.25) is 0 Å². The van der Waals surface area contributed by atoms with Crippen LogP contribution in [0.3, 0.4) is 0 Å². The van der Waals surface area contributed by atoms with Crippen molar-refractivity contribution in [2.24, 2.45) is 0 Å². The average Bonchev–Trinajstić information content (AvgIpc) is 2.39. The van der Waals surface area contributed by atoms with E-state index in [1.807, 2.05) is 0 Å². The summed E-state index contributed by atoms with van der Waals surface area (Å²) < 4.78 is 10.3. The highest BCUT2D eigenvalue weighted by Crippen LogP contribution is 1.99. The summed E-state index contributed by atoms with van der Waals surface area (Å²) >= 11 is 0. The van der Waals surface area contributed by atoms with Crippen LogP contribution in [0.15, 0.2) is 0 Å². The summed E-state index contributed by atoms with van der Waals surface area (Å²) in [5.41, 5.74) is 0. The third kappa shape index (κ3) is 11.0. The van der Waals surface area contributed by atoms with Crippen molar-refractivity contribution in [1.82, 2.24) is 10.2 Å². The van der Waals surface area contributed by atoms with E-state index in [2.05, 4.69) is 24.1 Å². The molecule has 0 aromatic carbocycles. The van der Waals surface area contributed by atoms with Crippen LogP contribution >= 0.6 is 0 Å². The monoisotopic (exact) mass is 260 g/mol. The van der Waals surface area contributed by atoms with E-state index in [4.69, 9.17) is 9.47 Å². The Morgan fingerprint density at radius 3 is 2.39 bits per heavy atom. The van der Waals surface area contributed by atoms with Gasteiger partial charge in [0.05, 0.1) is 6.61 Å². The Hall–Kier alpha value is -0.160. The van der Waals surface area contributed by atoms with E-state index in [1.54, 1.807) is 14.2 Å². The number of hydrogen-bond acceptors (Lipinski definition) is 4. The molecular weight excluding hydrogens is 228 g/mol. The van der Waals surface area contributed by atoms with Crippen LogP contribution in [0.1, 0.15) is 33.1 Å². The molecule has 0 bridgehead atoms. The first-order valence-corrected chi connectivity index (χ1v) is 7.18. The summed E-state index contributed by atoms with van der Waals surface area (Å²) in [6.45, 7) is 10.5. The Balaban J connectivity index is 3.75. The highest BCUT2D eigenvalue weighted by molar-refractivity contribution is 4.65. The molecule has 4 heteroatoms. The Morgan fingerprint density at radius 2 is 1.78 bits per heavy atom. The van der Waals surface area contributed by atoms with Gasteiger partial charge in [-0.1, -0.05) is 6.92 Å². The number of methoxy groups -OCH3 is 2. The molecule has 0 saturated carbocycles. The molecular formula is C14H32N2O2. The van der Waals surface area contributed by atoms with Crippen molar-refractivity contribution < 1.29 is 9.47 Å². The molecule has 1 unspecified atom stereocenters. The third-order valence-electron chi connectivity index (χ3n) is 3.06. The number of hydrogen-bond donors (Lipinski definition) is 1. The maximum absolute atomic E-state index is 5.16. The maximum Gasteiger partial charge on any atom is 0.0589 e. The first kappa shape index (κ1) is 17.8. The van der Waals surface area contributed by atoms with Crippen LogP contribution in [-0.2, 0) is 9.47 Å². The number of ether oxygens (including phenoxy) is 2. The lowest BCUT2D eigenvalue weighted by atomic mass is 10.2. The highest BCUT2D eigenvalue weighted by Gasteiger charge is 2.07. The molecule has 0 aliphatic carbocycles. The second-order valence-corrected chi connectivity index (χ2v) is 4.82. The third-order valence-corrected chi connectivity index (χ3v) is 3.06. The Bertz CT molecular complexity index is 168. The first-order valence-electron chi connectivity index (χ1n) is 7.18. The van der Waals surface area contributed by atoms with E-state index in [0.717, 1.165) is 45.8 Å². The number of rotatable bonds is 13. The Labute approximate surface area is 113 Å². The number of nitrogens with zero attached hydrogens (tertiary/aromatic N) is 1. The molecule has 0 saturated heterocycles. The molecule has 0 aliphatic rings. The zero-order chi connectivity index (χ0) is 13.6. The molecule has 0 aromatic rings. The summed E-state index contributed by atoms with van der Waals surface area (Å²) in [6.07, 6.45) is 3.49. The lowest BCUT2D eigenvalue weighted by Crippen LogP contribution is -2.35. The SMILES string of the molecule is CCCNC(C)CCN(CCCOC)CCOC. The van der Waals surface area contributed by atoms with E-state index in [9.17, 15) is 0 Å². The van der Waals surface area contributed by atoms with Gasteiger partial charge in [-0.15, -0.1) is 0 Å². The van der Waals surface area contributed by atoms with Crippen LogP contribution in [-0.4, -0.2) is 64.6 Å². The first-order chi connectivity index (χ1) is 8.74. The van der Waals surface area contributed by atoms with Gasteiger partial charge in [-0.05, 0) is 39.3 Å². The molecule has 0 rings (SSSR count). The second kappa shape index (κ2) is 13.3. The molecule has 0 radical (unpaired) electrons. The number of nitrogens with one attached hydrogen (secondary N) is 1. The van der Waals surface area contributed by atoms with Gasteiger partial charge in [0.2, 0.25) is 0 Å². The van der Waals surface area contributed by atoms with Gasteiger partial charge in [0.15, 0.2) is 0 Å². The molecule has 18 heavy (non-hydrogen) atoms. The van der Waals surface area contributed by atoms with Gasteiger partial charge >= 0.3 is 0 Å². The molecule has 4 nitrogen and oxygen atoms in total. The smallest absolute Gasteiger partial charge is 0.0589 e. The van der Waals surface area contributed by atoms with Gasteiger partial charge in [-0.25, -0.2) is 0 Å². The molecule has 110 valence electrons. The predicted octanol–water partition coefficient (Wildman–Crippen LogP) is 1.75. The summed E-state index contributed by atoms with van der Waals surface area (Å²) in [5, 5.41) is 3.53. The predicted molar refractivity (Wildman–Crippen MR) is 77.2 cm³/mol. The van der Waals surface area contributed by atoms with Crippen LogP contribution in [0.25, 0.3) is 0 Å². The topological polar surface area (TPSA) is 33.7 Å². The minimum absolute atomic E-state index is 0.595. The summed E-state index contributed by atoms with van der Waals surface area (Å²) in [5.74, 6) is 0. The molecule has 1 N–H and O–H groups in total. The van der Waals surface area contributed by atoms with Crippen molar-refractivity contribution >= 4 is 0 Å². The van der Waals surface area contributed by atoms with Crippen molar-refractivity contribution in [3.8, 4) is 0 Å². The Morgan fingerprint density at radius 1 is 1.06 bits per heavy atom. The van der Waals surface area contributed by atoms with Crippen molar-refractivity contribution in [3.63, 3.8) is 0 Å². The average molecular weight is 260 g/mol. The Kier molecular flexibility index (Phi) is 13.2. The second-order valence-electron chi connectivity index (χ2n) is 4.82. The fraction of sp³-hybridized carbons (Fsp3) is 1.00. The van der Waals surface area contributed by atoms with E-state index >= 15 is 0 Å². The fourth-order valence-corrected chi connectivity index (χ4v) is 1.86. The van der Waals surface area contributed by atoms with E-state index in [1.165, 1.54) is 12.8 Å². The van der Waals surface area contributed by atoms with Crippen LogP contribution in [0.2, 0.25) is 0 Å². The van der Waals surface area contributed by atoms with Gasteiger partial charge in [-0.2, -0.15) is 0 Å². The van der Waals surface area contributed by atoms with Crippen LogP contribution < -0.4 is 5.32 Å². The molecule has 0 amide bonds. The van der Waals surface area contributed by atoms with Gasteiger partial charge in [0.25, 0.3) is 0 Å². The standard InChI is InChI=1S/C14H32N2O2/c1-5-8-15-14(2)7-10-16(11-13-18-4)9-6-12-17-3/h14-15H,5-13H2,1-4H3. The van der Waals surface area contributed by atoms with Crippen LogP contribution in [0.5, 0.6) is 0 Å². The largest absolute Gasteiger partial charge is 0.385 e. The van der Waals surface area contributed by atoms with E-state index in [0.29, 0.717) is 6.04 Å². The molecule has 0 aliphatic heterocycles. The van der Waals surface area contributed by atoms with Crippen molar-refractivity contribution in [3.05, 3.63) is 0 Å². The van der Waals surface area contributed by atoms with Crippen LogP contribution in [0, 0.1) is 0 Å². The molecule has 0 aromatic heterocycles. The van der Waals surface area contributed by atoms with Crippen molar-refractivity contribution in [2.45, 2.75) is 39.2 Å². The minimum atomic E-state index is 0.595. The van der Waals surface area contributed by atoms with Gasteiger partial charge in [0.1, 0.15) is 0 Å². The summed E-state index contributed by atoms with van der Waals surface area (Å²) in [6, 6.07) is 0.595. The van der Waals surface area contributed by atoms with Gasteiger partial charge < -0.3 is 19.7 Å². The molecule has 0 spiro atoms. The highest BCUT2D eigenvalue weighted by atomic mass is 16.5. The molecule has 0 fully saturated rings. The molecule has 1 atom stereocenters. The van der Waals surface area contributed by atoms with Crippen molar-refractivity contribution in [1.29, 1.82) is 0 Å². The fourth-order valence-electron chi connectivity index (χ4n) is 1.86. The lowest BCUT2D eigenvalue weighted by molar-refractivity contribution is 0.130. The molecule has 0 heterocycles. The summed E-state index contributed by atoms with van der Waals surface area (Å²) in [7, 11) is 3.52. The minimum Gasteiger partial charge on any atom is -0.385 e. The van der Waals surface area contributed by atoms with Crippen molar-refractivity contribution in [2.75, 3.05) is 53.6 Å². The van der Waals surface area contributed by atoms with Gasteiger partial charge in [0, 0.05) is 40.0 Å². The quantitative estimate of drug-likeness (QED) is 0.512. The lowest BCUT2D eigenvalue weighted by Gasteiger charge is -2.24. The normalized spacial score (nSPS) is 13.2. The summed E-state index contributed by atoms with van der Waals surface area (Å²) in [4.78, 5) is 2.46. The zero-order valence-corrected chi connectivity index (χ0v) is 12.7. The van der Waals surface area contributed by atoms with E-state index < -0.39 is 0 Å². The maximum atomic E-state index is 5.16. The van der Waals surface area contributed by atoms with E-state index in [-0.39, 0.29) is 0 Å². The zero-order valence-electron chi connectivity index (χ0n) is 12.7. The van der Waals surface area contributed by atoms with Crippen LogP contribution in [0.4, 0.5) is 0 Å².